The van der Waals surface area contributed by atoms with Gasteiger partial charge in [-0.05, 0) is 31.5 Å². The Labute approximate surface area is 172 Å². The van der Waals surface area contributed by atoms with E-state index >= 15 is 0 Å². The third-order valence-electron chi connectivity index (χ3n) is 4.42. The molecule has 8 heteroatoms. The Morgan fingerprint density at radius 3 is 2.53 bits per heavy atom. The van der Waals surface area contributed by atoms with Gasteiger partial charge >= 0.3 is 5.69 Å². The molecule has 0 aliphatic heterocycles. The van der Waals surface area contributed by atoms with E-state index in [0.29, 0.717) is 23.6 Å². The molecule has 3 aromatic rings. The number of carbonyl (C=O) groups excluding carboxylic acids is 1. The summed E-state index contributed by atoms with van der Waals surface area (Å²) in [6.45, 7) is 4.00. The summed E-state index contributed by atoms with van der Waals surface area (Å²) < 4.78 is 5.88. The summed E-state index contributed by atoms with van der Waals surface area (Å²) in [5.41, 5.74) is 4.64. The number of nitrogens with one attached hydrogen (secondary N) is 3. The van der Waals surface area contributed by atoms with Crippen molar-refractivity contribution in [2.24, 2.45) is 5.10 Å². The molecule has 0 saturated carbocycles. The monoisotopic (exact) mass is 406 g/mol. The van der Waals surface area contributed by atoms with Crippen molar-refractivity contribution in [3.63, 3.8) is 0 Å². The van der Waals surface area contributed by atoms with Crippen molar-refractivity contribution in [3.8, 4) is 5.75 Å². The Bertz CT molecular complexity index is 1180. The number of aromatic nitrogens is 2. The van der Waals surface area contributed by atoms with Gasteiger partial charge in [0.25, 0.3) is 5.56 Å². The number of aryl methyl sites for hydroxylation is 2. The minimum absolute atomic E-state index is 0.184. The van der Waals surface area contributed by atoms with E-state index in [4.69, 9.17) is 4.74 Å². The van der Waals surface area contributed by atoms with Crippen molar-refractivity contribution in [3.05, 3.63) is 97.3 Å². The molecule has 8 nitrogen and oxygen atoms in total. The second-order valence-corrected chi connectivity index (χ2v) is 6.79. The number of hydrazone groups is 1. The predicted octanol–water partition coefficient (Wildman–Crippen LogP) is 1.95. The summed E-state index contributed by atoms with van der Waals surface area (Å²) in [6.07, 6.45) is 1.27. The number of nitrogens with zero attached hydrogens (tertiary/aromatic N) is 1. The van der Waals surface area contributed by atoms with Crippen molar-refractivity contribution in [1.82, 2.24) is 15.4 Å². The molecule has 30 heavy (non-hydrogen) atoms. The third-order valence-corrected chi connectivity index (χ3v) is 4.42. The highest BCUT2D eigenvalue weighted by molar-refractivity contribution is 5.85. The van der Waals surface area contributed by atoms with Crippen LogP contribution in [0.2, 0.25) is 0 Å². The van der Waals surface area contributed by atoms with E-state index < -0.39 is 17.2 Å². The van der Waals surface area contributed by atoms with E-state index in [1.807, 2.05) is 55.5 Å². The van der Waals surface area contributed by atoms with Crippen LogP contribution in [0, 0.1) is 13.8 Å². The number of aromatic amines is 2. The molecule has 3 rings (SSSR count). The average molecular weight is 406 g/mol. The van der Waals surface area contributed by atoms with Crippen molar-refractivity contribution < 1.29 is 9.53 Å². The Hall–Kier alpha value is -3.94. The molecule has 0 radical (unpaired) electrons. The number of para-hydroxylation sites is 1. The molecule has 0 aliphatic carbocycles. The highest BCUT2D eigenvalue weighted by atomic mass is 16.5. The number of carbonyl (C=O) groups is 1. The van der Waals surface area contributed by atoms with Gasteiger partial charge in [-0.25, -0.2) is 10.2 Å². The van der Waals surface area contributed by atoms with Gasteiger partial charge in [0, 0.05) is 16.8 Å². The molecule has 3 N–H and O–H groups in total. The van der Waals surface area contributed by atoms with Crippen LogP contribution in [0.1, 0.15) is 27.9 Å². The lowest BCUT2D eigenvalue weighted by atomic mass is 10.1. The molecule has 0 bridgehead atoms. The Balaban J connectivity index is 1.62. The topological polar surface area (TPSA) is 116 Å². The van der Waals surface area contributed by atoms with Crippen molar-refractivity contribution >= 4 is 12.1 Å². The predicted molar refractivity (Wildman–Crippen MR) is 114 cm³/mol. The molecular formula is C22H22N4O4. The van der Waals surface area contributed by atoms with Gasteiger partial charge in [0.15, 0.2) is 0 Å². The maximum atomic E-state index is 12.1. The maximum Gasteiger partial charge on any atom is 0.325 e. The van der Waals surface area contributed by atoms with Crippen LogP contribution in [0.4, 0.5) is 0 Å². The molecule has 0 aliphatic rings. The summed E-state index contributed by atoms with van der Waals surface area (Å²) in [5.74, 6) is 0.147. The Morgan fingerprint density at radius 1 is 1.07 bits per heavy atom. The number of ether oxygens (including phenoxy) is 1. The molecule has 0 fully saturated rings. The Morgan fingerprint density at radius 2 is 1.80 bits per heavy atom. The zero-order valence-corrected chi connectivity index (χ0v) is 16.7. The number of benzene rings is 2. The number of amides is 1. The lowest BCUT2D eigenvalue weighted by Gasteiger charge is -2.09. The summed E-state index contributed by atoms with van der Waals surface area (Å²) in [6, 6.07) is 15.4. The molecule has 0 unspecified atom stereocenters. The minimum Gasteiger partial charge on any atom is -0.488 e. The molecule has 0 atom stereocenters. The third kappa shape index (κ3) is 5.54. The van der Waals surface area contributed by atoms with Crippen LogP contribution in [-0.4, -0.2) is 22.1 Å². The quantitative estimate of drug-likeness (QED) is 0.411. The van der Waals surface area contributed by atoms with Gasteiger partial charge in [0.2, 0.25) is 5.91 Å². The van der Waals surface area contributed by atoms with Crippen molar-refractivity contribution in [1.29, 1.82) is 0 Å². The van der Waals surface area contributed by atoms with Crippen LogP contribution in [0.25, 0.3) is 0 Å². The zero-order chi connectivity index (χ0) is 21.5. The fraction of sp³-hybridized carbons (Fsp3) is 0.182. The minimum atomic E-state index is -0.609. The van der Waals surface area contributed by atoms with Gasteiger partial charge in [0.1, 0.15) is 12.4 Å². The van der Waals surface area contributed by atoms with E-state index in [9.17, 15) is 14.4 Å². The molecule has 2 aromatic carbocycles. The van der Waals surface area contributed by atoms with Crippen LogP contribution in [-0.2, 0) is 17.8 Å². The zero-order valence-electron chi connectivity index (χ0n) is 16.7. The van der Waals surface area contributed by atoms with Gasteiger partial charge in [-0.2, -0.15) is 5.10 Å². The first-order chi connectivity index (χ1) is 14.4. The summed E-state index contributed by atoms with van der Waals surface area (Å²) in [5, 5.41) is 3.95. The van der Waals surface area contributed by atoms with Crippen LogP contribution >= 0.6 is 0 Å². The maximum absolute atomic E-state index is 12.1. The van der Waals surface area contributed by atoms with Crippen LogP contribution < -0.4 is 21.4 Å². The smallest absolute Gasteiger partial charge is 0.325 e. The number of H-pyrrole nitrogens is 2. The molecule has 0 saturated heterocycles. The lowest BCUT2D eigenvalue weighted by molar-refractivity contribution is -0.120. The molecule has 0 spiro atoms. The standard InChI is InChI=1S/C22H22N4O4/c1-14-7-9-16(10-8-14)13-30-19-6-4-3-5-17(19)12-23-26-20(27)11-18-15(2)24-22(29)25-21(18)28/h3-10,12H,11,13H2,1-2H3,(H,26,27)(H2,24,25,28,29)/b23-12-. The molecule has 1 aromatic heterocycles. The molecule has 1 amide bonds. The highest BCUT2D eigenvalue weighted by Crippen LogP contribution is 2.17. The van der Waals surface area contributed by atoms with Gasteiger partial charge in [-0.3, -0.25) is 14.6 Å². The summed E-state index contributed by atoms with van der Waals surface area (Å²) in [7, 11) is 0. The van der Waals surface area contributed by atoms with Gasteiger partial charge < -0.3 is 9.72 Å². The first kappa shape index (κ1) is 20.8. The molecule has 1 heterocycles. The van der Waals surface area contributed by atoms with Gasteiger partial charge in [0.05, 0.1) is 12.6 Å². The van der Waals surface area contributed by atoms with E-state index in [-0.39, 0.29) is 12.0 Å². The fourth-order valence-electron chi connectivity index (χ4n) is 2.78. The largest absolute Gasteiger partial charge is 0.488 e. The first-order valence-corrected chi connectivity index (χ1v) is 9.34. The van der Waals surface area contributed by atoms with E-state index in [1.165, 1.54) is 11.8 Å². The Kier molecular flexibility index (Phi) is 6.59. The van der Waals surface area contributed by atoms with Gasteiger partial charge in [-0.1, -0.05) is 42.0 Å². The van der Waals surface area contributed by atoms with Crippen LogP contribution in [0.5, 0.6) is 5.75 Å². The van der Waals surface area contributed by atoms with Gasteiger partial charge in [-0.15, -0.1) is 0 Å². The summed E-state index contributed by atoms with van der Waals surface area (Å²) in [4.78, 5) is 39.7. The van der Waals surface area contributed by atoms with Crippen molar-refractivity contribution in [2.45, 2.75) is 26.9 Å². The van der Waals surface area contributed by atoms with Crippen LogP contribution in [0.3, 0.4) is 0 Å². The SMILES string of the molecule is Cc1ccc(COc2ccccc2/C=N\NC(=O)Cc2c(C)[nH]c(=O)[nH]c2=O)cc1. The van der Waals surface area contributed by atoms with Crippen molar-refractivity contribution in [2.75, 3.05) is 0 Å². The second-order valence-electron chi connectivity index (χ2n) is 6.79. The lowest BCUT2D eigenvalue weighted by Crippen LogP contribution is -2.30. The first-order valence-electron chi connectivity index (χ1n) is 9.34. The average Bonchev–Trinajstić information content (AvgIpc) is 2.71. The van der Waals surface area contributed by atoms with Crippen LogP contribution in [0.15, 0.2) is 63.2 Å². The summed E-state index contributed by atoms with van der Waals surface area (Å²) >= 11 is 0. The number of rotatable bonds is 7. The van der Waals surface area contributed by atoms with E-state index in [1.54, 1.807) is 6.92 Å². The second kappa shape index (κ2) is 9.51. The fourth-order valence-corrected chi connectivity index (χ4v) is 2.78. The molecular weight excluding hydrogens is 384 g/mol. The van der Waals surface area contributed by atoms with E-state index in [2.05, 4.69) is 20.5 Å². The molecule has 154 valence electrons. The highest BCUT2D eigenvalue weighted by Gasteiger charge is 2.10. The number of hydrogen-bond acceptors (Lipinski definition) is 5. The van der Waals surface area contributed by atoms with E-state index in [0.717, 1.165) is 5.56 Å². The normalized spacial score (nSPS) is 10.9. The number of hydrogen-bond donors (Lipinski definition) is 3.